The van der Waals surface area contributed by atoms with Gasteiger partial charge in [-0.1, -0.05) is 59.7 Å². The highest BCUT2D eigenvalue weighted by Gasteiger charge is 2.32. The molecule has 0 radical (unpaired) electrons. The number of benzene rings is 1. The number of hydrogen-bond acceptors (Lipinski definition) is 3. The molecular weight excluding hydrogens is 340 g/mol. The molecule has 0 spiro atoms. The van der Waals surface area contributed by atoms with Crippen LogP contribution in [-0.2, 0) is 16.6 Å². The van der Waals surface area contributed by atoms with E-state index in [-0.39, 0.29) is 23.2 Å². The lowest BCUT2D eigenvalue weighted by molar-refractivity contribution is -0.128. The first kappa shape index (κ1) is 20.7. The number of hydrogen-bond donors (Lipinski definition) is 0. The van der Waals surface area contributed by atoms with E-state index in [0.29, 0.717) is 0 Å². The van der Waals surface area contributed by atoms with E-state index in [4.69, 9.17) is 4.74 Å². The Kier molecular flexibility index (Phi) is 6.68. The molecule has 0 atom stereocenters. The van der Waals surface area contributed by atoms with Crippen molar-refractivity contribution in [2.24, 2.45) is 5.41 Å². The summed E-state index contributed by atoms with van der Waals surface area (Å²) in [5, 5.41) is 2.16. The van der Waals surface area contributed by atoms with E-state index < -0.39 is 0 Å². The van der Waals surface area contributed by atoms with E-state index in [0.717, 1.165) is 25.0 Å². The average molecular weight is 373 g/mol. The van der Waals surface area contributed by atoms with Crippen LogP contribution < -0.4 is 4.74 Å². The third-order valence-electron chi connectivity index (χ3n) is 5.39. The summed E-state index contributed by atoms with van der Waals surface area (Å²) in [6.07, 6.45) is 3.02. The van der Waals surface area contributed by atoms with Crippen LogP contribution in [0.4, 0.5) is 0 Å². The van der Waals surface area contributed by atoms with Crippen molar-refractivity contribution in [2.75, 3.05) is 6.61 Å². The molecule has 0 aliphatic rings. The number of carbonyl (C=O) groups is 1. The Morgan fingerprint density at radius 3 is 2.27 bits per heavy atom. The van der Waals surface area contributed by atoms with Crippen molar-refractivity contribution in [1.82, 2.24) is 0 Å². The smallest absolute Gasteiger partial charge is 0.175 e. The Hall–Kier alpha value is -1.61. The van der Waals surface area contributed by atoms with E-state index in [9.17, 15) is 4.79 Å². The predicted molar refractivity (Wildman–Crippen MR) is 111 cm³/mol. The maximum absolute atomic E-state index is 12.2. The quantitative estimate of drug-likeness (QED) is 0.535. The lowest BCUT2D eigenvalue weighted by Gasteiger charge is -2.32. The second-order valence-corrected chi connectivity index (χ2v) is 8.85. The molecule has 3 heteroatoms. The topological polar surface area (TPSA) is 26.3 Å². The normalized spacial score (nSPS) is 12.2. The number of thiophene rings is 1. The van der Waals surface area contributed by atoms with Gasteiger partial charge < -0.3 is 4.74 Å². The molecule has 142 valence electrons. The average Bonchev–Trinajstić information content (AvgIpc) is 3.15. The van der Waals surface area contributed by atoms with Crippen LogP contribution >= 0.6 is 11.3 Å². The molecule has 2 nitrogen and oxygen atoms in total. The van der Waals surface area contributed by atoms with Crippen LogP contribution in [0.5, 0.6) is 5.75 Å². The summed E-state index contributed by atoms with van der Waals surface area (Å²) < 4.78 is 5.90. The van der Waals surface area contributed by atoms with E-state index in [1.54, 1.807) is 0 Å². The van der Waals surface area contributed by atoms with Crippen LogP contribution in [0.1, 0.15) is 70.4 Å². The number of aryl methyl sites for hydroxylation is 1. The van der Waals surface area contributed by atoms with Gasteiger partial charge in [-0.15, -0.1) is 11.3 Å². The third-order valence-corrected chi connectivity index (χ3v) is 6.46. The van der Waals surface area contributed by atoms with Gasteiger partial charge in [-0.05, 0) is 47.9 Å². The van der Waals surface area contributed by atoms with Crippen LogP contribution in [0.2, 0.25) is 0 Å². The van der Waals surface area contributed by atoms with E-state index >= 15 is 0 Å². The Morgan fingerprint density at radius 2 is 1.77 bits per heavy atom. The molecule has 0 saturated heterocycles. The minimum atomic E-state index is -0.370. The van der Waals surface area contributed by atoms with Gasteiger partial charge in [0, 0.05) is 15.7 Å². The number of ketones is 1. The summed E-state index contributed by atoms with van der Waals surface area (Å²) in [6, 6.07) is 10.9. The lowest BCUT2D eigenvalue weighted by Crippen LogP contribution is -2.27. The summed E-state index contributed by atoms with van der Waals surface area (Å²) in [6.45, 7) is 12.6. The van der Waals surface area contributed by atoms with Crippen molar-refractivity contribution in [3.05, 3.63) is 51.7 Å². The molecule has 0 N–H and O–H groups in total. The largest absolute Gasteiger partial charge is 0.486 e. The molecule has 2 rings (SSSR count). The van der Waals surface area contributed by atoms with Gasteiger partial charge in [0.1, 0.15) is 12.4 Å². The van der Waals surface area contributed by atoms with E-state index in [2.05, 4.69) is 56.5 Å². The molecule has 0 amide bonds. The summed E-state index contributed by atoms with van der Waals surface area (Å²) >= 11 is 1.83. The van der Waals surface area contributed by atoms with Crippen molar-refractivity contribution < 1.29 is 9.53 Å². The zero-order chi connectivity index (χ0) is 19.4. The third kappa shape index (κ3) is 4.20. The zero-order valence-corrected chi connectivity index (χ0v) is 17.8. The summed E-state index contributed by atoms with van der Waals surface area (Å²) in [4.78, 5) is 13.6. The molecule has 1 aromatic carbocycles. The summed E-state index contributed by atoms with van der Waals surface area (Å²) in [5.41, 5.74) is 2.20. The molecule has 0 unspecified atom stereocenters. The Labute approximate surface area is 162 Å². The molecule has 0 aliphatic heterocycles. The van der Waals surface area contributed by atoms with Gasteiger partial charge in [-0.2, -0.15) is 0 Å². The summed E-state index contributed by atoms with van der Waals surface area (Å²) in [5.74, 6) is 0.958. The Balaban J connectivity index is 2.34. The van der Waals surface area contributed by atoms with Gasteiger partial charge in [-0.3, -0.25) is 4.79 Å². The number of carbonyl (C=O) groups excluding carboxylic acids is 1. The van der Waals surface area contributed by atoms with Crippen molar-refractivity contribution in [1.29, 1.82) is 0 Å². The SMILES string of the molecule is CCc1cc(C(CC)(CC)c2cccs2)ccc1OCC(=O)C(C)(C)C. The fourth-order valence-electron chi connectivity index (χ4n) is 3.35. The maximum Gasteiger partial charge on any atom is 0.175 e. The van der Waals surface area contributed by atoms with E-state index in [1.165, 1.54) is 16.0 Å². The first-order chi connectivity index (χ1) is 12.3. The Morgan fingerprint density at radius 1 is 1.08 bits per heavy atom. The molecule has 26 heavy (non-hydrogen) atoms. The highest BCUT2D eigenvalue weighted by atomic mass is 32.1. The highest BCUT2D eigenvalue weighted by molar-refractivity contribution is 7.10. The molecule has 0 fully saturated rings. The minimum Gasteiger partial charge on any atom is -0.486 e. The van der Waals surface area contributed by atoms with Crippen LogP contribution in [0.3, 0.4) is 0 Å². The van der Waals surface area contributed by atoms with E-state index in [1.807, 2.05) is 32.1 Å². The monoisotopic (exact) mass is 372 g/mol. The van der Waals surface area contributed by atoms with Gasteiger partial charge >= 0.3 is 0 Å². The molecular formula is C23H32O2S. The molecule has 0 bridgehead atoms. The fourth-order valence-corrected chi connectivity index (χ4v) is 4.45. The Bertz CT molecular complexity index is 719. The fraction of sp³-hybridized carbons (Fsp3) is 0.522. The number of ether oxygens (including phenoxy) is 1. The van der Waals surface area contributed by atoms with Crippen LogP contribution in [0.15, 0.2) is 35.7 Å². The molecule has 0 aliphatic carbocycles. The van der Waals surface area contributed by atoms with Gasteiger partial charge in [0.05, 0.1) is 0 Å². The first-order valence-corrected chi connectivity index (χ1v) is 10.5. The maximum atomic E-state index is 12.2. The van der Waals surface area contributed by atoms with Crippen molar-refractivity contribution in [3.8, 4) is 5.75 Å². The number of Topliss-reactive ketones (excluding diaryl/α,β-unsaturated/α-hetero) is 1. The van der Waals surface area contributed by atoms with Crippen LogP contribution in [0.25, 0.3) is 0 Å². The summed E-state index contributed by atoms with van der Waals surface area (Å²) in [7, 11) is 0. The highest BCUT2D eigenvalue weighted by Crippen LogP contribution is 2.42. The van der Waals surface area contributed by atoms with Gasteiger partial charge in [0.25, 0.3) is 0 Å². The van der Waals surface area contributed by atoms with Crippen molar-refractivity contribution in [2.45, 2.75) is 66.2 Å². The van der Waals surface area contributed by atoms with Crippen LogP contribution in [0, 0.1) is 5.41 Å². The van der Waals surface area contributed by atoms with Crippen molar-refractivity contribution >= 4 is 17.1 Å². The molecule has 0 saturated carbocycles. The van der Waals surface area contributed by atoms with Crippen LogP contribution in [-0.4, -0.2) is 12.4 Å². The van der Waals surface area contributed by atoms with Crippen molar-refractivity contribution in [3.63, 3.8) is 0 Å². The second kappa shape index (κ2) is 8.39. The number of rotatable bonds is 8. The lowest BCUT2D eigenvalue weighted by atomic mass is 9.74. The van der Waals surface area contributed by atoms with Gasteiger partial charge in [0.2, 0.25) is 0 Å². The minimum absolute atomic E-state index is 0.0534. The standard InChI is InChI=1S/C23H32O2S/c1-7-17-15-18(23(8-2,9-3)21-11-10-14-26-21)12-13-19(17)25-16-20(24)22(4,5)6/h10-15H,7-9,16H2,1-6H3. The van der Waals surface area contributed by atoms with Gasteiger partial charge in [0.15, 0.2) is 5.78 Å². The predicted octanol–water partition coefficient (Wildman–Crippen LogP) is 6.41. The molecule has 1 heterocycles. The molecule has 2 aromatic rings. The second-order valence-electron chi connectivity index (χ2n) is 7.90. The first-order valence-electron chi connectivity index (χ1n) is 9.62. The zero-order valence-electron chi connectivity index (χ0n) is 17.0. The molecule has 1 aromatic heterocycles. The van der Waals surface area contributed by atoms with Gasteiger partial charge in [-0.25, -0.2) is 0 Å².